The zero-order valence-corrected chi connectivity index (χ0v) is 15.4. The molecule has 0 saturated heterocycles. The largest absolute Gasteiger partial charge is 0.465 e. The fourth-order valence-corrected chi connectivity index (χ4v) is 3.56. The number of amides is 1. The van der Waals surface area contributed by atoms with Gasteiger partial charge >= 0.3 is 6.09 Å². The SMILES string of the molecule is COC(CC(C)C)(c1ccccc1I)N(C(=O)O)C(C)C. The van der Waals surface area contributed by atoms with Gasteiger partial charge in [-0.1, -0.05) is 32.0 Å². The van der Waals surface area contributed by atoms with Crippen molar-refractivity contribution >= 4 is 28.7 Å². The molecule has 0 aliphatic rings. The molecule has 0 spiro atoms. The molecule has 0 radical (unpaired) electrons. The summed E-state index contributed by atoms with van der Waals surface area (Å²) in [5.41, 5.74) is -0.0655. The van der Waals surface area contributed by atoms with Crippen LogP contribution in [0.25, 0.3) is 0 Å². The third-order valence-corrected chi connectivity index (χ3v) is 4.37. The Kier molecular flexibility index (Phi) is 6.46. The van der Waals surface area contributed by atoms with Crippen LogP contribution >= 0.6 is 22.6 Å². The highest BCUT2D eigenvalue weighted by molar-refractivity contribution is 14.1. The van der Waals surface area contributed by atoms with E-state index in [0.717, 1.165) is 9.13 Å². The number of rotatable bonds is 6. The highest BCUT2D eigenvalue weighted by atomic mass is 127. The van der Waals surface area contributed by atoms with E-state index in [1.54, 1.807) is 7.11 Å². The Labute approximate surface area is 140 Å². The number of carbonyl (C=O) groups is 1. The standard InChI is InChI=1S/C16H24INO3/c1-11(2)10-16(21-5,18(12(3)4)15(19)20)13-8-6-7-9-14(13)17/h6-9,11-12H,10H2,1-5H3,(H,19,20). The molecule has 0 fully saturated rings. The number of hydrogen-bond acceptors (Lipinski definition) is 2. The van der Waals surface area contributed by atoms with Gasteiger partial charge in [0.1, 0.15) is 0 Å². The molecule has 1 atom stereocenters. The second-order valence-corrected chi connectivity index (χ2v) is 6.97. The smallest absolute Gasteiger partial charge is 0.410 e. The Bertz CT molecular complexity index is 490. The van der Waals surface area contributed by atoms with E-state index >= 15 is 0 Å². The van der Waals surface area contributed by atoms with Crippen LogP contribution in [-0.4, -0.2) is 29.3 Å². The van der Waals surface area contributed by atoms with Crippen LogP contribution in [0.2, 0.25) is 0 Å². The molecule has 1 unspecified atom stereocenters. The third kappa shape index (κ3) is 3.88. The Balaban J connectivity index is 3.54. The first-order valence-electron chi connectivity index (χ1n) is 7.08. The molecule has 4 nitrogen and oxygen atoms in total. The number of nitrogens with zero attached hydrogens (tertiary/aromatic N) is 1. The molecule has 0 aliphatic carbocycles. The summed E-state index contributed by atoms with van der Waals surface area (Å²) >= 11 is 2.24. The molecule has 0 saturated carbocycles. The van der Waals surface area contributed by atoms with Gasteiger partial charge in [0.2, 0.25) is 0 Å². The molecule has 0 bridgehead atoms. The van der Waals surface area contributed by atoms with E-state index in [1.165, 1.54) is 4.90 Å². The van der Waals surface area contributed by atoms with Gasteiger partial charge in [0.25, 0.3) is 0 Å². The molecule has 1 aromatic carbocycles. The Morgan fingerprint density at radius 2 is 1.90 bits per heavy atom. The fourth-order valence-electron chi connectivity index (χ4n) is 2.75. The summed E-state index contributed by atoms with van der Waals surface area (Å²) in [6, 6.07) is 7.61. The van der Waals surface area contributed by atoms with E-state index in [2.05, 4.69) is 36.4 Å². The molecule has 1 amide bonds. The van der Waals surface area contributed by atoms with Crippen molar-refractivity contribution in [3.8, 4) is 0 Å². The molecule has 1 N–H and O–H groups in total. The van der Waals surface area contributed by atoms with E-state index in [4.69, 9.17) is 4.74 Å². The van der Waals surface area contributed by atoms with E-state index in [0.29, 0.717) is 12.3 Å². The van der Waals surface area contributed by atoms with Crippen LogP contribution in [0.3, 0.4) is 0 Å². The zero-order chi connectivity index (χ0) is 16.2. The summed E-state index contributed by atoms with van der Waals surface area (Å²) in [7, 11) is 1.59. The van der Waals surface area contributed by atoms with Crippen LogP contribution in [0.4, 0.5) is 4.79 Å². The van der Waals surface area contributed by atoms with Gasteiger partial charge in [0, 0.05) is 28.7 Å². The number of methoxy groups -OCH3 is 1. The topological polar surface area (TPSA) is 49.8 Å². The van der Waals surface area contributed by atoms with Crippen LogP contribution in [0.1, 0.15) is 39.7 Å². The summed E-state index contributed by atoms with van der Waals surface area (Å²) in [6.45, 7) is 7.89. The molecular formula is C16H24INO3. The van der Waals surface area contributed by atoms with Crippen molar-refractivity contribution in [1.29, 1.82) is 0 Å². The second-order valence-electron chi connectivity index (χ2n) is 5.81. The zero-order valence-electron chi connectivity index (χ0n) is 13.3. The van der Waals surface area contributed by atoms with Crippen LogP contribution in [0.5, 0.6) is 0 Å². The third-order valence-electron chi connectivity index (χ3n) is 3.43. The van der Waals surface area contributed by atoms with Crippen molar-refractivity contribution in [2.45, 2.75) is 45.9 Å². The van der Waals surface area contributed by atoms with Crippen molar-refractivity contribution in [2.75, 3.05) is 7.11 Å². The van der Waals surface area contributed by atoms with E-state index in [1.807, 2.05) is 38.1 Å². The Hall–Kier alpha value is -0.820. The molecule has 21 heavy (non-hydrogen) atoms. The van der Waals surface area contributed by atoms with Crippen LogP contribution in [-0.2, 0) is 10.5 Å². The van der Waals surface area contributed by atoms with Crippen LogP contribution < -0.4 is 0 Å². The van der Waals surface area contributed by atoms with E-state index in [-0.39, 0.29) is 6.04 Å². The normalized spacial score (nSPS) is 14.3. The lowest BCUT2D eigenvalue weighted by molar-refractivity contribution is -0.151. The van der Waals surface area contributed by atoms with E-state index < -0.39 is 11.8 Å². The number of carboxylic acid groups (broad SMARTS) is 1. The second kappa shape index (κ2) is 7.45. The minimum atomic E-state index is -0.966. The number of halogens is 1. The van der Waals surface area contributed by atoms with Crippen molar-refractivity contribution < 1.29 is 14.6 Å². The minimum absolute atomic E-state index is 0.183. The maximum atomic E-state index is 11.9. The lowest BCUT2D eigenvalue weighted by atomic mass is 9.90. The lowest BCUT2D eigenvalue weighted by Crippen LogP contribution is -2.54. The molecule has 0 aromatic heterocycles. The molecule has 118 valence electrons. The number of hydrogen-bond donors (Lipinski definition) is 1. The Morgan fingerprint density at radius 3 is 2.29 bits per heavy atom. The Morgan fingerprint density at radius 1 is 1.33 bits per heavy atom. The molecule has 1 rings (SSSR count). The van der Waals surface area contributed by atoms with Gasteiger partial charge in [0.15, 0.2) is 5.72 Å². The summed E-state index contributed by atoms with van der Waals surface area (Å²) in [6.07, 6.45) is -0.360. The van der Waals surface area contributed by atoms with Crippen LogP contribution in [0.15, 0.2) is 24.3 Å². The highest BCUT2D eigenvalue weighted by Gasteiger charge is 2.44. The molecule has 0 aliphatic heterocycles. The molecule has 1 aromatic rings. The van der Waals surface area contributed by atoms with Gasteiger partial charge < -0.3 is 9.84 Å². The molecule has 0 heterocycles. The van der Waals surface area contributed by atoms with Gasteiger partial charge in [-0.25, -0.2) is 4.79 Å². The maximum absolute atomic E-state index is 11.9. The number of benzene rings is 1. The highest BCUT2D eigenvalue weighted by Crippen LogP contribution is 2.39. The first kappa shape index (κ1) is 18.2. The minimum Gasteiger partial charge on any atom is -0.465 e. The summed E-state index contributed by atoms with van der Waals surface area (Å²) in [4.78, 5) is 13.3. The summed E-state index contributed by atoms with van der Waals surface area (Å²) in [5, 5.41) is 9.72. The first-order valence-corrected chi connectivity index (χ1v) is 8.16. The van der Waals surface area contributed by atoms with Crippen LogP contribution in [0, 0.1) is 9.49 Å². The van der Waals surface area contributed by atoms with Gasteiger partial charge in [-0.3, -0.25) is 4.90 Å². The molecule has 5 heteroatoms. The van der Waals surface area contributed by atoms with E-state index in [9.17, 15) is 9.90 Å². The average Bonchev–Trinajstić information content (AvgIpc) is 2.36. The summed E-state index contributed by atoms with van der Waals surface area (Å²) < 4.78 is 6.84. The van der Waals surface area contributed by atoms with Gasteiger partial charge in [0.05, 0.1) is 0 Å². The predicted octanol–water partition coefficient (Wildman–Crippen LogP) is 4.52. The first-order chi connectivity index (χ1) is 9.76. The van der Waals surface area contributed by atoms with Gasteiger partial charge in [-0.05, 0) is 48.4 Å². The predicted molar refractivity (Wildman–Crippen MR) is 92.3 cm³/mol. The maximum Gasteiger partial charge on any atom is 0.410 e. The average molecular weight is 405 g/mol. The monoisotopic (exact) mass is 405 g/mol. The van der Waals surface area contributed by atoms with Gasteiger partial charge in [-0.2, -0.15) is 0 Å². The fraction of sp³-hybridized carbons (Fsp3) is 0.562. The van der Waals surface area contributed by atoms with Gasteiger partial charge in [-0.15, -0.1) is 0 Å². The summed E-state index contributed by atoms with van der Waals surface area (Å²) in [5.74, 6) is 0.293. The lowest BCUT2D eigenvalue weighted by Gasteiger charge is -2.45. The quantitative estimate of drug-likeness (QED) is 0.559. The van der Waals surface area contributed by atoms with Crippen molar-refractivity contribution in [3.63, 3.8) is 0 Å². The molecular weight excluding hydrogens is 381 g/mol. The van der Waals surface area contributed by atoms with Crippen molar-refractivity contribution in [2.24, 2.45) is 5.92 Å². The van der Waals surface area contributed by atoms with Crippen molar-refractivity contribution in [1.82, 2.24) is 4.90 Å². The van der Waals surface area contributed by atoms with Crippen molar-refractivity contribution in [3.05, 3.63) is 33.4 Å². The number of ether oxygens (including phenoxy) is 1.